The van der Waals surface area contributed by atoms with Crippen molar-refractivity contribution in [2.75, 3.05) is 0 Å². The summed E-state index contributed by atoms with van der Waals surface area (Å²) in [6, 6.07) is 5.65. The number of carboxylic acids is 1. The van der Waals surface area contributed by atoms with E-state index in [2.05, 4.69) is 0 Å². The Hall–Kier alpha value is -2.17. The third-order valence-electron chi connectivity index (χ3n) is 1.49. The van der Waals surface area contributed by atoms with Crippen molar-refractivity contribution >= 4 is 17.7 Å². The van der Waals surface area contributed by atoms with Gasteiger partial charge in [0.1, 0.15) is 0 Å². The average Bonchev–Trinajstić information content (AvgIpc) is 2.15. The molecule has 5 heteroatoms. The van der Waals surface area contributed by atoms with Crippen LogP contribution in [-0.4, -0.2) is 10.9 Å². The second-order valence-electron chi connectivity index (χ2n) is 2.50. The first-order valence-electron chi connectivity index (χ1n) is 3.73. The molecule has 0 aliphatic rings. The summed E-state index contributed by atoms with van der Waals surface area (Å²) in [7, 11) is 0. The predicted octanol–water partition coefficient (Wildman–Crippen LogP) is 0.358. The first-order valence-corrected chi connectivity index (χ1v) is 3.73. The molecule has 1 rings (SSSR count). The number of carbonyl (C=O) groups is 1. The second kappa shape index (κ2) is 4.18. The number of benzene rings is 1. The summed E-state index contributed by atoms with van der Waals surface area (Å²) in [6.45, 7) is 0. The normalized spacial score (nSPS) is 10.3. The number of carbonyl (C=O) groups excluding carboxylic acids is 1. The van der Waals surface area contributed by atoms with Crippen molar-refractivity contribution in [2.24, 2.45) is 0 Å². The molecule has 0 aliphatic heterocycles. The molecular weight excluding hydrogens is 186 g/mol. The minimum atomic E-state index is -1.34. The van der Waals surface area contributed by atoms with Crippen molar-refractivity contribution < 1.29 is 14.8 Å². The third kappa shape index (κ3) is 2.71. The molecule has 5 nitrogen and oxygen atoms in total. The van der Waals surface area contributed by atoms with Crippen LogP contribution in [0.15, 0.2) is 30.3 Å². The average molecular weight is 192 g/mol. The van der Waals surface area contributed by atoms with Crippen molar-refractivity contribution in [3.8, 4) is 0 Å². The van der Waals surface area contributed by atoms with Crippen molar-refractivity contribution in [1.82, 2.24) is 0 Å². The van der Waals surface area contributed by atoms with Gasteiger partial charge < -0.3 is 9.90 Å². The number of aliphatic carboxylic acids is 1. The molecule has 0 fully saturated rings. The molecule has 0 N–H and O–H groups in total. The van der Waals surface area contributed by atoms with Crippen LogP contribution >= 0.6 is 0 Å². The summed E-state index contributed by atoms with van der Waals surface area (Å²) < 4.78 is 0. The number of nitro groups is 1. The van der Waals surface area contributed by atoms with E-state index in [1.54, 1.807) is 6.07 Å². The molecule has 72 valence electrons. The van der Waals surface area contributed by atoms with Gasteiger partial charge in [0.2, 0.25) is 0 Å². The minimum Gasteiger partial charge on any atom is -0.545 e. The van der Waals surface area contributed by atoms with Crippen LogP contribution < -0.4 is 5.11 Å². The smallest absolute Gasteiger partial charge is 0.270 e. The van der Waals surface area contributed by atoms with Gasteiger partial charge in [-0.1, -0.05) is 18.2 Å². The van der Waals surface area contributed by atoms with Crippen molar-refractivity contribution in [2.45, 2.75) is 0 Å². The fourth-order valence-electron chi connectivity index (χ4n) is 0.906. The zero-order chi connectivity index (χ0) is 10.6. The number of non-ortho nitro benzene ring substituents is 1. The van der Waals surface area contributed by atoms with E-state index in [0.29, 0.717) is 5.56 Å². The van der Waals surface area contributed by atoms with E-state index in [1.165, 1.54) is 24.3 Å². The van der Waals surface area contributed by atoms with Crippen LogP contribution in [0.4, 0.5) is 5.69 Å². The molecule has 14 heavy (non-hydrogen) atoms. The second-order valence-corrected chi connectivity index (χ2v) is 2.50. The predicted molar refractivity (Wildman–Crippen MR) is 47.1 cm³/mol. The summed E-state index contributed by atoms with van der Waals surface area (Å²) in [5, 5.41) is 20.4. The van der Waals surface area contributed by atoms with Gasteiger partial charge in [-0.3, -0.25) is 10.1 Å². The molecule has 0 saturated heterocycles. The summed E-state index contributed by atoms with van der Waals surface area (Å²) in [6.07, 6.45) is 2.06. The molecule has 0 heterocycles. The Labute approximate surface area is 79.4 Å². The van der Waals surface area contributed by atoms with Gasteiger partial charge in [-0.05, 0) is 11.6 Å². The SMILES string of the molecule is O=C([O-])/C=C/c1cccc([N+](=O)[O-])c1. The Kier molecular flexibility index (Phi) is 2.96. The van der Waals surface area contributed by atoms with E-state index in [1.807, 2.05) is 0 Å². The Morgan fingerprint density at radius 3 is 2.71 bits per heavy atom. The van der Waals surface area contributed by atoms with Gasteiger partial charge in [-0.15, -0.1) is 0 Å². The van der Waals surface area contributed by atoms with Gasteiger partial charge in [0.15, 0.2) is 0 Å². The highest BCUT2D eigenvalue weighted by atomic mass is 16.6. The molecule has 1 aromatic carbocycles. The van der Waals surface area contributed by atoms with Crippen LogP contribution in [0.2, 0.25) is 0 Å². The van der Waals surface area contributed by atoms with Gasteiger partial charge in [0, 0.05) is 12.1 Å². The molecule has 0 amide bonds. The fraction of sp³-hybridized carbons (Fsp3) is 0. The van der Waals surface area contributed by atoms with Gasteiger partial charge in [-0.25, -0.2) is 0 Å². The van der Waals surface area contributed by atoms with Crippen LogP contribution in [0.25, 0.3) is 6.08 Å². The molecule has 0 atom stereocenters. The summed E-state index contributed by atoms with van der Waals surface area (Å²) in [5.41, 5.74) is 0.369. The van der Waals surface area contributed by atoms with E-state index in [9.17, 15) is 20.0 Å². The topological polar surface area (TPSA) is 83.3 Å². The number of rotatable bonds is 3. The van der Waals surface area contributed by atoms with Gasteiger partial charge in [-0.2, -0.15) is 0 Å². The van der Waals surface area contributed by atoms with E-state index in [4.69, 9.17) is 0 Å². The standard InChI is InChI=1S/C9H7NO4/c11-9(12)5-4-7-2-1-3-8(6-7)10(13)14/h1-6H,(H,11,12)/p-1/b5-4+. The molecule has 0 unspecified atom stereocenters. The van der Waals surface area contributed by atoms with Crippen LogP contribution in [-0.2, 0) is 4.79 Å². The Bertz CT molecular complexity index is 398. The van der Waals surface area contributed by atoms with Crippen LogP contribution in [0, 0.1) is 10.1 Å². The maximum Gasteiger partial charge on any atom is 0.270 e. The van der Waals surface area contributed by atoms with Crippen molar-refractivity contribution in [1.29, 1.82) is 0 Å². The van der Waals surface area contributed by atoms with E-state index in [-0.39, 0.29) is 5.69 Å². The molecule has 0 aliphatic carbocycles. The maximum atomic E-state index is 10.3. The molecule has 0 radical (unpaired) electrons. The summed E-state index contributed by atoms with van der Waals surface area (Å²) in [4.78, 5) is 19.9. The van der Waals surface area contributed by atoms with Crippen molar-refractivity contribution in [3.63, 3.8) is 0 Å². The van der Waals surface area contributed by atoms with Gasteiger partial charge in [0.25, 0.3) is 5.69 Å². The highest BCUT2D eigenvalue weighted by Crippen LogP contribution is 2.13. The first-order chi connectivity index (χ1) is 6.59. The summed E-state index contributed by atoms with van der Waals surface area (Å²) >= 11 is 0. The number of nitro benzene ring substituents is 1. The van der Waals surface area contributed by atoms with Crippen LogP contribution in [0.3, 0.4) is 0 Å². The van der Waals surface area contributed by atoms with E-state index in [0.717, 1.165) is 6.08 Å². The van der Waals surface area contributed by atoms with E-state index >= 15 is 0 Å². The van der Waals surface area contributed by atoms with Gasteiger partial charge >= 0.3 is 0 Å². The number of nitrogens with zero attached hydrogens (tertiary/aromatic N) is 1. The number of hydrogen-bond acceptors (Lipinski definition) is 4. The zero-order valence-electron chi connectivity index (χ0n) is 7.04. The zero-order valence-corrected chi connectivity index (χ0v) is 7.04. The van der Waals surface area contributed by atoms with Crippen molar-refractivity contribution in [3.05, 3.63) is 46.0 Å². The number of carboxylic acid groups (broad SMARTS) is 1. The maximum absolute atomic E-state index is 10.3. The molecule has 0 spiro atoms. The monoisotopic (exact) mass is 192 g/mol. The quantitative estimate of drug-likeness (QED) is 0.393. The minimum absolute atomic E-state index is 0.0782. The third-order valence-corrected chi connectivity index (χ3v) is 1.49. The summed E-state index contributed by atoms with van der Waals surface area (Å²) in [5.74, 6) is -1.34. The molecular formula is C9H6NO4-. The van der Waals surface area contributed by atoms with Crippen LogP contribution in [0.5, 0.6) is 0 Å². The molecule has 0 bridgehead atoms. The lowest BCUT2D eigenvalue weighted by molar-refractivity contribution is -0.384. The van der Waals surface area contributed by atoms with E-state index < -0.39 is 10.9 Å². The molecule has 0 aromatic heterocycles. The lowest BCUT2D eigenvalue weighted by Crippen LogP contribution is -2.18. The highest BCUT2D eigenvalue weighted by molar-refractivity contribution is 5.83. The lowest BCUT2D eigenvalue weighted by atomic mass is 10.2. The van der Waals surface area contributed by atoms with Gasteiger partial charge in [0.05, 0.1) is 10.9 Å². The largest absolute Gasteiger partial charge is 0.545 e. The lowest BCUT2D eigenvalue weighted by Gasteiger charge is -1.94. The van der Waals surface area contributed by atoms with Crippen LogP contribution in [0.1, 0.15) is 5.56 Å². The highest BCUT2D eigenvalue weighted by Gasteiger charge is 2.03. The fourth-order valence-corrected chi connectivity index (χ4v) is 0.906. The molecule has 0 saturated carbocycles. The number of hydrogen-bond donors (Lipinski definition) is 0. The Morgan fingerprint density at radius 1 is 1.43 bits per heavy atom. The Balaban J connectivity index is 2.94. The molecule has 1 aromatic rings. The first kappa shape index (κ1) is 9.91. The Morgan fingerprint density at radius 2 is 2.14 bits per heavy atom.